The van der Waals surface area contributed by atoms with E-state index in [0.717, 1.165) is 29.8 Å². The van der Waals surface area contributed by atoms with Gasteiger partial charge >= 0.3 is 5.97 Å². The zero-order valence-corrected chi connectivity index (χ0v) is 15.0. The second kappa shape index (κ2) is 6.48. The molecule has 0 bridgehead atoms. The molecule has 0 spiro atoms. The molecule has 1 aliphatic rings. The Kier molecular flexibility index (Phi) is 4.17. The van der Waals surface area contributed by atoms with Gasteiger partial charge in [0.1, 0.15) is 5.00 Å². The van der Waals surface area contributed by atoms with Gasteiger partial charge in [0.15, 0.2) is 6.10 Å². The topological polar surface area (TPSA) is 70.2 Å². The van der Waals surface area contributed by atoms with Crippen LogP contribution in [0.5, 0.6) is 0 Å². The molecule has 0 fully saturated rings. The van der Waals surface area contributed by atoms with Gasteiger partial charge in [-0.3, -0.25) is 0 Å². The Labute approximate surface area is 149 Å². The fourth-order valence-corrected chi connectivity index (χ4v) is 4.50. The number of hydrogen-bond donors (Lipinski definition) is 0. The summed E-state index contributed by atoms with van der Waals surface area (Å²) in [5.74, 6) is 0.447. The number of hydrogen-bond acceptors (Lipinski definition) is 6. The molecule has 0 radical (unpaired) electrons. The van der Waals surface area contributed by atoms with Crippen LogP contribution in [-0.2, 0) is 17.6 Å². The van der Waals surface area contributed by atoms with Crippen molar-refractivity contribution in [1.29, 1.82) is 0 Å². The van der Waals surface area contributed by atoms with E-state index in [1.807, 2.05) is 29.1 Å². The first-order valence-electron chi connectivity index (χ1n) is 8.42. The van der Waals surface area contributed by atoms with Crippen LogP contribution < -0.4 is 0 Å². The molecule has 4 rings (SSSR count). The van der Waals surface area contributed by atoms with Gasteiger partial charge in [-0.2, -0.15) is 0 Å². The van der Waals surface area contributed by atoms with Crippen LogP contribution in [0.25, 0.3) is 5.00 Å². The average Bonchev–Trinajstić information content (AvgIpc) is 3.33. The van der Waals surface area contributed by atoms with Crippen molar-refractivity contribution in [2.24, 2.45) is 0 Å². The third kappa shape index (κ3) is 3.00. The van der Waals surface area contributed by atoms with Crippen LogP contribution in [0.15, 0.2) is 28.9 Å². The van der Waals surface area contributed by atoms with Crippen LogP contribution in [0.2, 0.25) is 0 Å². The van der Waals surface area contributed by atoms with E-state index in [4.69, 9.17) is 9.15 Å². The van der Waals surface area contributed by atoms with Crippen LogP contribution in [0.3, 0.4) is 0 Å². The lowest BCUT2D eigenvalue weighted by atomic mass is 9.95. The maximum Gasteiger partial charge on any atom is 0.342 e. The molecule has 3 aromatic rings. The van der Waals surface area contributed by atoms with Gasteiger partial charge in [0, 0.05) is 24.2 Å². The minimum Gasteiger partial charge on any atom is -0.449 e. The van der Waals surface area contributed by atoms with Crippen molar-refractivity contribution in [3.8, 4) is 5.00 Å². The highest BCUT2D eigenvalue weighted by atomic mass is 32.1. The molecule has 0 aliphatic heterocycles. The monoisotopic (exact) mass is 357 g/mol. The fourth-order valence-electron chi connectivity index (χ4n) is 3.16. The Balaban J connectivity index is 1.68. The molecule has 0 amide bonds. The fraction of sp³-hybridized carbons (Fsp3) is 0.389. The minimum atomic E-state index is -0.578. The van der Waals surface area contributed by atoms with Crippen LogP contribution in [0.4, 0.5) is 0 Å². The van der Waals surface area contributed by atoms with Crippen molar-refractivity contribution in [3.63, 3.8) is 0 Å². The first-order chi connectivity index (χ1) is 12.1. The normalized spacial score (nSPS) is 15.0. The van der Waals surface area contributed by atoms with Gasteiger partial charge in [0.2, 0.25) is 5.89 Å². The summed E-state index contributed by atoms with van der Waals surface area (Å²) in [6.07, 6.45) is 7.56. The highest BCUT2D eigenvalue weighted by molar-refractivity contribution is 7.15. The largest absolute Gasteiger partial charge is 0.449 e. The van der Waals surface area contributed by atoms with Gasteiger partial charge < -0.3 is 13.7 Å². The lowest BCUT2D eigenvalue weighted by Crippen LogP contribution is -2.14. The summed E-state index contributed by atoms with van der Waals surface area (Å²) in [6.45, 7) is 3.46. The zero-order chi connectivity index (χ0) is 17.4. The molecular weight excluding hydrogens is 338 g/mol. The van der Waals surface area contributed by atoms with Crippen molar-refractivity contribution in [1.82, 2.24) is 14.8 Å². The number of nitrogens with zero attached hydrogens (tertiary/aromatic N) is 3. The third-order valence-corrected chi connectivity index (χ3v) is 5.67. The lowest BCUT2D eigenvalue weighted by molar-refractivity contribution is 0.0276. The maximum atomic E-state index is 13.0. The molecule has 130 valence electrons. The number of rotatable bonds is 4. The van der Waals surface area contributed by atoms with E-state index < -0.39 is 6.10 Å². The number of thiophene rings is 1. The summed E-state index contributed by atoms with van der Waals surface area (Å²) in [6, 6.07) is 3.91. The van der Waals surface area contributed by atoms with E-state index in [2.05, 4.69) is 10.2 Å². The highest BCUT2D eigenvalue weighted by Gasteiger charge is 2.29. The summed E-state index contributed by atoms with van der Waals surface area (Å²) >= 11 is 1.69. The minimum absolute atomic E-state index is 0.317. The molecule has 6 nitrogen and oxygen atoms in total. The molecule has 0 aromatic carbocycles. The molecule has 7 heteroatoms. The summed E-state index contributed by atoms with van der Waals surface area (Å²) in [5.41, 5.74) is 1.82. The number of aryl methyl sites for hydroxylation is 2. The van der Waals surface area contributed by atoms with Gasteiger partial charge in [0.25, 0.3) is 5.89 Å². The van der Waals surface area contributed by atoms with E-state index in [-0.39, 0.29) is 5.97 Å². The SMILES string of the molecule is Cc1nnc([C@H](C)OC(=O)c2c(-n3cccc3)sc3c2CCCC3)o1. The summed E-state index contributed by atoms with van der Waals surface area (Å²) in [4.78, 5) is 14.3. The Morgan fingerprint density at radius 3 is 2.76 bits per heavy atom. The lowest BCUT2D eigenvalue weighted by Gasteiger charge is -2.14. The standard InChI is InChI=1S/C18H19N3O3S/c1-11(16-20-19-12(2)24-16)23-18(22)15-13-7-3-4-8-14(13)25-17(15)21-9-5-6-10-21/h5-6,9-11H,3-4,7-8H2,1-2H3/t11-/m0/s1. The van der Waals surface area contributed by atoms with E-state index in [0.29, 0.717) is 17.3 Å². The van der Waals surface area contributed by atoms with Crippen molar-refractivity contribution in [3.05, 3.63) is 52.3 Å². The van der Waals surface area contributed by atoms with Gasteiger partial charge in [-0.1, -0.05) is 0 Å². The summed E-state index contributed by atoms with van der Waals surface area (Å²) in [5, 5.41) is 8.67. The smallest absolute Gasteiger partial charge is 0.342 e. The summed E-state index contributed by atoms with van der Waals surface area (Å²) in [7, 11) is 0. The zero-order valence-electron chi connectivity index (χ0n) is 14.2. The molecule has 0 saturated heterocycles. The molecule has 25 heavy (non-hydrogen) atoms. The predicted octanol–water partition coefficient (Wildman–Crippen LogP) is 4.03. The van der Waals surface area contributed by atoms with Gasteiger partial charge in [-0.15, -0.1) is 21.5 Å². The number of carbonyl (C=O) groups is 1. The van der Waals surface area contributed by atoms with Crippen LogP contribution in [-0.4, -0.2) is 20.7 Å². The molecule has 0 unspecified atom stereocenters. The second-order valence-corrected chi connectivity index (χ2v) is 7.27. The molecular formula is C18H19N3O3S. The van der Waals surface area contributed by atoms with Crippen molar-refractivity contribution < 1.29 is 13.9 Å². The molecule has 0 N–H and O–H groups in total. The van der Waals surface area contributed by atoms with E-state index in [9.17, 15) is 4.79 Å². The Bertz CT molecular complexity index is 895. The number of fused-ring (bicyclic) bond motifs is 1. The first-order valence-corrected chi connectivity index (χ1v) is 9.24. The quantitative estimate of drug-likeness (QED) is 0.659. The Morgan fingerprint density at radius 1 is 1.28 bits per heavy atom. The van der Waals surface area contributed by atoms with E-state index >= 15 is 0 Å². The molecule has 1 atom stereocenters. The van der Waals surface area contributed by atoms with Gasteiger partial charge in [-0.05, 0) is 50.3 Å². The van der Waals surface area contributed by atoms with Gasteiger partial charge in [0.05, 0.1) is 5.56 Å². The molecule has 3 aromatic heterocycles. The van der Waals surface area contributed by atoms with Crippen LogP contribution >= 0.6 is 11.3 Å². The molecule has 0 saturated carbocycles. The van der Waals surface area contributed by atoms with Crippen molar-refractivity contribution >= 4 is 17.3 Å². The first kappa shape index (κ1) is 16.1. The van der Waals surface area contributed by atoms with E-state index in [1.165, 1.54) is 11.3 Å². The van der Waals surface area contributed by atoms with Crippen molar-refractivity contribution in [2.75, 3.05) is 0 Å². The number of carbonyl (C=O) groups excluding carboxylic acids is 1. The van der Waals surface area contributed by atoms with Crippen molar-refractivity contribution in [2.45, 2.75) is 45.6 Å². The number of esters is 1. The Morgan fingerprint density at radius 2 is 2.04 bits per heavy atom. The number of aromatic nitrogens is 3. The maximum absolute atomic E-state index is 13.0. The molecule has 1 aliphatic carbocycles. The molecule has 3 heterocycles. The highest BCUT2D eigenvalue weighted by Crippen LogP contribution is 2.38. The van der Waals surface area contributed by atoms with Gasteiger partial charge in [-0.25, -0.2) is 4.79 Å². The second-order valence-electron chi connectivity index (χ2n) is 6.19. The van der Waals surface area contributed by atoms with E-state index in [1.54, 1.807) is 25.2 Å². The predicted molar refractivity (Wildman–Crippen MR) is 93.2 cm³/mol. The average molecular weight is 357 g/mol. The third-order valence-electron chi connectivity index (χ3n) is 4.37. The summed E-state index contributed by atoms with van der Waals surface area (Å²) < 4.78 is 13.0. The van der Waals surface area contributed by atoms with Crippen LogP contribution in [0, 0.1) is 6.92 Å². The Hall–Kier alpha value is -2.41. The number of ether oxygens (including phenoxy) is 1. The van der Waals surface area contributed by atoms with Crippen LogP contribution in [0.1, 0.15) is 58.4 Å².